The van der Waals surface area contributed by atoms with E-state index < -0.39 is 0 Å². The van der Waals surface area contributed by atoms with Crippen molar-refractivity contribution in [1.82, 2.24) is 5.43 Å². The van der Waals surface area contributed by atoms with Crippen molar-refractivity contribution in [3.63, 3.8) is 0 Å². The Hall–Kier alpha value is -1.84. The zero-order valence-corrected chi connectivity index (χ0v) is 14.7. The topological polar surface area (TPSA) is 50.7 Å². The van der Waals surface area contributed by atoms with Crippen LogP contribution in [0.1, 0.15) is 58.9 Å². The maximum absolute atomic E-state index is 11.8. The van der Waals surface area contributed by atoms with Gasteiger partial charge in [-0.25, -0.2) is 5.43 Å². The second-order valence-electron chi connectivity index (χ2n) is 7.48. The van der Waals surface area contributed by atoms with Crippen molar-refractivity contribution in [2.24, 2.45) is 11.0 Å². The van der Waals surface area contributed by atoms with Crippen LogP contribution in [0.2, 0.25) is 0 Å². The van der Waals surface area contributed by atoms with E-state index in [1.54, 1.807) is 0 Å². The van der Waals surface area contributed by atoms with E-state index in [4.69, 9.17) is 4.74 Å². The highest BCUT2D eigenvalue weighted by Gasteiger charge is 2.15. The third kappa shape index (κ3) is 5.70. The van der Waals surface area contributed by atoms with Gasteiger partial charge in [-0.2, -0.15) is 5.10 Å². The maximum Gasteiger partial charge on any atom is 0.277 e. The monoisotopic (exact) mass is 316 g/mol. The summed E-state index contributed by atoms with van der Waals surface area (Å²) in [6, 6.07) is 7.89. The van der Waals surface area contributed by atoms with Gasteiger partial charge in [0.25, 0.3) is 5.91 Å². The van der Waals surface area contributed by atoms with Crippen molar-refractivity contribution < 1.29 is 9.53 Å². The molecule has 0 radical (unpaired) electrons. The number of hydrogen-bond acceptors (Lipinski definition) is 3. The number of nitrogens with zero attached hydrogens (tertiary/aromatic N) is 1. The second kappa shape index (κ2) is 7.62. The van der Waals surface area contributed by atoms with Crippen LogP contribution >= 0.6 is 0 Å². The molecule has 1 atom stereocenters. The van der Waals surface area contributed by atoms with Crippen LogP contribution in [-0.2, 0) is 10.2 Å². The first kappa shape index (κ1) is 17.5. The van der Waals surface area contributed by atoms with Crippen LogP contribution in [-0.4, -0.2) is 18.2 Å². The smallest absolute Gasteiger partial charge is 0.277 e. The molecule has 1 amide bonds. The fourth-order valence-corrected chi connectivity index (χ4v) is 2.74. The summed E-state index contributed by atoms with van der Waals surface area (Å²) in [5.74, 6) is 1.15. The molecule has 23 heavy (non-hydrogen) atoms. The van der Waals surface area contributed by atoms with Crippen molar-refractivity contribution in [3.05, 3.63) is 29.8 Å². The van der Waals surface area contributed by atoms with E-state index in [-0.39, 0.29) is 17.9 Å². The second-order valence-corrected chi connectivity index (χ2v) is 7.48. The van der Waals surface area contributed by atoms with E-state index in [2.05, 4.69) is 38.2 Å². The third-order valence-corrected chi connectivity index (χ3v) is 4.18. The third-order valence-electron chi connectivity index (χ3n) is 4.18. The van der Waals surface area contributed by atoms with Crippen LogP contribution in [0.5, 0.6) is 5.75 Å². The Morgan fingerprint density at radius 2 is 2.00 bits per heavy atom. The first-order chi connectivity index (χ1) is 10.8. The van der Waals surface area contributed by atoms with Crippen LogP contribution in [0.3, 0.4) is 0 Å². The number of nitrogens with one attached hydrogen (secondary N) is 1. The van der Waals surface area contributed by atoms with Crippen LogP contribution in [0.15, 0.2) is 29.4 Å². The molecule has 0 aromatic heterocycles. The zero-order valence-electron chi connectivity index (χ0n) is 14.7. The van der Waals surface area contributed by atoms with Crippen LogP contribution in [0.25, 0.3) is 0 Å². The summed E-state index contributed by atoms with van der Waals surface area (Å²) in [4.78, 5) is 11.8. The molecular formula is C19H28N2O2. The van der Waals surface area contributed by atoms with Gasteiger partial charge in [-0.05, 0) is 54.7 Å². The van der Waals surface area contributed by atoms with Crippen LogP contribution < -0.4 is 10.2 Å². The highest BCUT2D eigenvalue weighted by Crippen LogP contribution is 2.24. The summed E-state index contributed by atoms with van der Waals surface area (Å²) in [6.07, 6.45) is 4.38. The van der Waals surface area contributed by atoms with Crippen molar-refractivity contribution >= 4 is 11.6 Å². The molecule has 1 aliphatic carbocycles. The predicted octanol–water partition coefficient (Wildman–Crippen LogP) is 4.05. The predicted molar refractivity (Wildman–Crippen MR) is 93.8 cm³/mol. The molecule has 126 valence electrons. The molecule has 1 N–H and O–H groups in total. The van der Waals surface area contributed by atoms with E-state index in [9.17, 15) is 4.79 Å². The Balaban J connectivity index is 1.79. The molecule has 0 aliphatic heterocycles. The fraction of sp³-hybridized carbons (Fsp3) is 0.579. The molecule has 1 aromatic rings. The number of ether oxygens (including phenoxy) is 1. The summed E-state index contributed by atoms with van der Waals surface area (Å²) >= 11 is 0. The first-order valence-electron chi connectivity index (χ1n) is 8.42. The molecule has 0 saturated heterocycles. The molecule has 1 aliphatic rings. The van der Waals surface area contributed by atoms with Crippen molar-refractivity contribution in [2.45, 2.75) is 58.8 Å². The van der Waals surface area contributed by atoms with E-state index in [1.807, 2.05) is 24.3 Å². The number of benzene rings is 1. The van der Waals surface area contributed by atoms with Crippen LogP contribution in [0.4, 0.5) is 0 Å². The minimum absolute atomic E-state index is 0.0127. The van der Waals surface area contributed by atoms with E-state index >= 15 is 0 Å². The minimum Gasteiger partial charge on any atom is -0.484 e. The molecule has 4 heteroatoms. The number of carbonyl (C=O) groups is 1. The normalized spacial score (nSPS) is 20.3. The lowest BCUT2D eigenvalue weighted by Crippen LogP contribution is -2.27. The largest absolute Gasteiger partial charge is 0.484 e. The number of rotatable bonds is 4. The van der Waals surface area contributed by atoms with Crippen molar-refractivity contribution in [1.29, 1.82) is 0 Å². The van der Waals surface area contributed by atoms with Gasteiger partial charge in [0.15, 0.2) is 6.61 Å². The Labute approximate surface area is 139 Å². The molecule has 0 bridgehead atoms. The summed E-state index contributed by atoms with van der Waals surface area (Å²) in [5, 5.41) is 4.23. The standard InChI is InChI=1S/C19H28N2O2/c1-14-6-5-7-16(12-14)20-21-18(22)13-23-17-10-8-15(9-11-17)19(2,3)4/h8-11,14H,5-7,12-13H2,1-4H3,(H,21,22). The van der Waals surface area contributed by atoms with Gasteiger partial charge in [0.1, 0.15) is 5.75 Å². The average molecular weight is 316 g/mol. The summed E-state index contributed by atoms with van der Waals surface area (Å²) in [5.41, 5.74) is 5.05. The van der Waals surface area contributed by atoms with Crippen molar-refractivity contribution in [3.8, 4) is 5.75 Å². The van der Waals surface area contributed by atoms with Gasteiger partial charge in [-0.3, -0.25) is 4.79 Å². The molecular weight excluding hydrogens is 288 g/mol. The molecule has 0 heterocycles. The van der Waals surface area contributed by atoms with Gasteiger partial charge in [-0.15, -0.1) is 0 Å². The van der Waals surface area contributed by atoms with Gasteiger partial charge in [-0.1, -0.05) is 39.8 Å². The SMILES string of the molecule is CC1CCCC(=NNC(=O)COc2ccc(C(C)(C)C)cc2)C1. The van der Waals surface area contributed by atoms with E-state index in [0.29, 0.717) is 11.7 Å². The van der Waals surface area contributed by atoms with E-state index in [0.717, 1.165) is 25.0 Å². The molecule has 4 nitrogen and oxygen atoms in total. The number of hydrogen-bond donors (Lipinski definition) is 1. The molecule has 1 saturated carbocycles. The van der Waals surface area contributed by atoms with Crippen molar-refractivity contribution in [2.75, 3.05) is 6.61 Å². The summed E-state index contributed by atoms with van der Waals surface area (Å²) in [6.45, 7) is 8.72. The fourth-order valence-electron chi connectivity index (χ4n) is 2.74. The van der Waals surface area contributed by atoms with Gasteiger partial charge < -0.3 is 4.74 Å². The number of amides is 1. The lowest BCUT2D eigenvalue weighted by atomic mass is 9.87. The highest BCUT2D eigenvalue weighted by molar-refractivity contribution is 5.87. The summed E-state index contributed by atoms with van der Waals surface area (Å²) < 4.78 is 5.52. The first-order valence-corrected chi connectivity index (χ1v) is 8.42. The molecule has 0 spiro atoms. The molecule has 1 fully saturated rings. The summed E-state index contributed by atoms with van der Waals surface area (Å²) in [7, 11) is 0. The van der Waals surface area contributed by atoms with Gasteiger partial charge in [0, 0.05) is 5.71 Å². The average Bonchev–Trinajstić information content (AvgIpc) is 2.50. The molecule has 1 unspecified atom stereocenters. The number of carbonyl (C=O) groups excluding carboxylic acids is 1. The Morgan fingerprint density at radius 3 is 2.61 bits per heavy atom. The number of hydrazone groups is 1. The quantitative estimate of drug-likeness (QED) is 0.852. The van der Waals surface area contributed by atoms with Gasteiger partial charge >= 0.3 is 0 Å². The Morgan fingerprint density at radius 1 is 1.30 bits per heavy atom. The highest BCUT2D eigenvalue weighted by atomic mass is 16.5. The lowest BCUT2D eigenvalue weighted by Gasteiger charge is -2.19. The molecule has 1 aromatic carbocycles. The minimum atomic E-state index is -0.212. The zero-order chi connectivity index (χ0) is 16.9. The maximum atomic E-state index is 11.8. The molecule has 2 rings (SSSR count). The van der Waals surface area contributed by atoms with E-state index in [1.165, 1.54) is 12.0 Å². The van der Waals surface area contributed by atoms with Gasteiger partial charge in [0.05, 0.1) is 0 Å². The van der Waals surface area contributed by atoms with Gasteiger partial charge in [0.2, 0.25) is 0 Å². The Bertz CT molecular complexity index is 556. The van der Waals surface area contributed by atoms with Crippen LogP contribution in [0, 0.1) is 5.92 Å². The lowest BCUT2D eigenvalue weighted by molar-refractivity contribution is -0.123. The Kier molecular flexibility index (Phi) is 5.80.